The van der Waals surface area contributed by atoms with Crippen molar-refractivity contribution in [2.45, 2.75) is 79.4 Å². The third-order valence-electron chi connectivity index (χ3n) is 10.5. The van der Waals surface area contributed by atoms with Gasteiger partial charge in [-0.25, -0.2) is 9.59 Å². The van der Waals surface area contributed by atoms with Crippen molar-refractivity contribution in [1.82, 2.24) is 9.80 Å². The number of hydrogen-bond acceptors (Lipinski definition) is 6. The zero-order chi connectivity index (χ0) is 27.7. The third-order valence-corrected chi connectivity index (χ3v) is 10.5. The molecule has 2 aliphatic carbocycles. The molecule has 0 radical (unpaired) electrons. The number of ether oxygens (including phenoxy) is 2. The summed E-state index contributed by atoms with van der Waals surface area (Å²) in [5, 5.41) is 0. The lowest BCUT2D eigenvalue weighted by atomic mass is 9.79. The van der Waals surface area contributed by atoms with Crippen molar-refractivity contribution < 1.29 is 19.1 Å². The van der Waals surface area contributed by atoms with Gasteiger partial charge in [-0.2, -0.15) is 0 Å². The first-order chi connectivity index (χ1) is 17.9. The normalized spacial score (nSPS) is 40.5. The summed E-state index contributed by atoms with van der Waals surface area (Å²) in [7, 11) is 4.39. The summed E-state index contributed by atoms with van der Waals surface area (Å²) in [5.41, 5.74) is 1.64. The quantitative estimate of drug-likeness (QED) is 0.335. The molecule has 6 nitrogen and oxygen atoms in total. The van der Waals surface area contributed by atoms with Crippen LogP contribution in [0.25, 0.3) is 0 Å². The highest BCUT2D eigenvalue weighted by Gasteiger charge is 2.48. The molecule has 2 aliphatic heterocycles. The van der Waals surface area contributed by atoms with E-state index >= 15 is 0 Å². The van der Waals surface area contributed by atoms with Gasteiger partial charge in [0.15, 0.2) is 0 Å². The molecule has 38 heavy (non-hydrogen) atoms. The first-order valence-corrected chi connectivity index (χ1v) is 15.1. The molecular formula is C32H52N2O4. The molecule has 0 unspecified atom stereocenters. The van der Waals surface area contributed by atoms with Gasteiger partial charge < -0.3 is 19.3 Å². The maximum Gasteiger partial charge on any atom is 0.333 e. The van der Waals surface area contributed by atoms with Crippen LogP contribution in [0.15, 0.2) is 23.3 Å². The summed E-state index contributed by atoms with van der Waals surface area (Å²) in [6.07, 6.45) is 7.02. The fraction of sp³-hybridized carbons (Fsp3) is 0.812. The van der Waals surface area contributed by atoms with Gasteiger partial charge in [0.2, 0.25) is 0 Å². The Balaban J connectivity index is 1.22. The second kappa shape index (κ2) is 12.2. The van der Waals surface area contributed by atoms with E-state index in [2.05, 4.69) is 51.6 Å². The Morgan fingerprint density at radius 1 is 0.763 bits per heavy atom. The van der Waals surface area contributed by atoms with Gasteiger partial charge in [-0.1, -0.05) is 39.3 Å². The van der Waals surface area contributed by atoms with Crippen LogP contribution in [-0.4, -0.2) is 74.2 Å². The van der Waals surface area contributed by atoms with Crippen LogP contribution in [0.4, 0.5) is 0 Å². The van der Waals surface area contributed by atoms with Crippen LogP contribution in [0, 0.1) is 47.3 Å². The summed E-state index contributed by atoms with van der Waals surface area (Å²) in [6.45, 7) is 17.4. The average Bonchev–Trinajstić information content (AvgIpc) is 3.31. The highest BCUT2D eigenvalue weighted by atomic mass is 16.5. The molecule has 2 heterocycles. The van der Waals surface area contributed by atoms with Gasteiger partial charge in [0.1, 0.15) is 12.2 Å². The van der Waals surface area contributed by atoms with Crippen LogP contribution < -0.4 is 0 Å². The molecule has 0 bridgehead atoms. The molecule has 0 N–H and O–H groups in total. The first kappa shape index (κ1) is 29.3. The SMILES string of the molecule is C/C(=C\C(=O)O[C@@H]1C[C@@H]2[C@H](CN(C)C[C@@H]2C)[C@@H]1C)CC/C=C(\C)C(=O)O[C@@H]1C[C@@H]2[C@H](CN(C)C[C@@H]2C)[C@@H]1C. The maximum absolute atomic E-state index is 12.8. The highest BCUT2D eigenvalue weighted by Crippen LogP contribution is 2.46. The molecular weight excluding hydrogens is 476 g/mol. The largest absolute Gasteiger partial charge is 0.459 e. The average molecular weight is 529 g/mol. The number of esters is 2. The van der Waals surface area contributed by atoms with Crippen LogP contribution >= 0.6 is 0 Å². The molecule has 10 atom stereocenters. The van der Waals surface area contributed by atoms with Gasteiger partial charge >= 0.3 is 11.9 Å². The van der Waals surface area contributed by atoms with Crippen LogP contribution in [0.5, 0.6) is 0 Å². The topological polar surface area (TPSA) is 59.1 Å². The zero-order valence-electron chi connectivity index (χ0n) is 25.1. The Hall–Kier alpha value is -1.66. The van der Waals surface area contributed by atoms with Gasteiger partial charge in [-0.15, -0.1) is 0 Å². The molecule has 4 fully saturated rings. The number of allylic oxidation sites excluding steroid dienone is 2. The van der Waals surface area contributed by atoms with E-state index in [0.717, 1.165) is 51.0 Å². The van der Waals surface area contributed by atoms with Crippen molar-refractivity contribution in [1.29, 1.82) is 0 Å². The Morgan fingerprint density at radius 2 is 1.26 bits per heavy atom. The molecule has 0 aromatic carbocycles. The fourth-order valence-electron chi connectivity index (χ4n) is 8.28. The smallest absolute Gasteiger partial charge is 0.333 e. The van der Waals surface area contributed by atoms with Crippen LogP contribution in [0.1, 0.15) is 67.2 Å². The summed E-state index contributed by atoms with van der Waals surface area (Å²) in [5.74, 6) is 4.19. The lowest BCUT2D eigenvalue weighted by molar-refractivity contribution is -0.146. The number of carbonyl (C=O) groups is 2. The number of piperidine rings is 2. The van der Waals surface area contributed by atoms with Gasteiger partial charge in [0.25, 0.3) is 0 Å². The van der Waals surface area contributed by atoms with Crippen molar-refractivity contribution in [3.8, 4) is 0 Å². The second-order valence-corrected chi connectivity index (χ2v) is 13.6. The lowest BCUT2D eigenvalue weighted by Crippen LogP contribution is -2.42. The molecule has 0 aromatic heterocycles. The molecule has 2 saturated heterocycles. The summed E-state index contributed by atoms with van der Waals surface area (Å²) in [6, 6.07) is 0. The van der Waals surface area contributed by atoms with Crippen molar-refractivity contribution in [2.24, 2.45) is 47.3 Å². The van der Waals surface area contributed by atoms with Crippen molar-refractivity contribution in [3.05, 3.63) is 23.3 Å². The molecule has 6 heteroatoms. The number of fused-ring (bicyclic) bond motifs is 2. The molecule has 2 saturated carbocycles. The monoisotopic (exact) mass is 528 g/mol. The van der Waals surface area contributed by atoms with Gasteiger partial charge in [0.05, 0.1) is 0 Å². The van der Waals surface area contributed by atoms with E-state index in [-0.39, 0.29) is 24.1 Å². The third kappa shape index (κ3) is 6.55. The number of nitrogens with zero attached hydrogens (tertiary/aromatic N) is 2. The minimum absolute atomic E-state index is 0.0106. The Morgan fingerprint density at radius 3 is 1.79 bits per heavy atom. The van der Waals surface area contributed by atoms with Gasteiger partial charge in [-0.3, -0.25) is 0 Å². The summed E-state index contributed by atoms with van der Waals surface area (Å²) < 4.78 is 12.0. The van der Waals surface area contributed by atoms with E-state index in [4.69, 9.17) is 9.47 Å². The number of carbonyl (C=O) groups excluding carboxylic acids is 2. The molecule has 0 spiro atoms. The molecule has 0 aromatic rings. The van der Waals surface area contributed by atoms with E-state index in [9.17, 15) is 9.59 Å². The van der Waals surface area contributed by atoms with E-state index in [1.807, 2.05) is 19.9 Å². The standard InChI is InChI=1S/C32H52N2O4/c1-19(12-31(35)37-29-13-25-21(3)15-33(7)17-27(25)23(29)5)10-9-11-20(2)32(36)38-30-14-26-22(4)16-34(8)18-28(26)24(30)6/h11-12,21-30H,9-10,13-18H2,1-8H3/b19-12+,20-11+/t21-,22-,23-,24-,25-,26-,27+,28+,29+,30+/m0/s1. The predicted octanol–water partition coefficient (Wildman–Crippen LogP) is 5.19. The lowest BCUT2D eigenvalue weighted by Gasteiger charge is -2.38. The molecule has 4 rings (SSSR count). The maximum atomic E-state index is 12.8. The zero-order valence-corrected chi connectivity index (χ0v) is 25.1. The van der Waals surface area contributed by atoms with Crippen LogP contribution in [0.3, 0.4) is 0 Å². The Labute approximate surface area is 231 Å². The Bertz CT molecular complexity index is 928. The van der Waals surface area contributed by atoms with Crippen LogP contribution in [-0.2, 0) is 19.1 Å². The second-order valence-electron chi connectivity index (χ2n) is 13.6. The molecule has 0 amide bonds. The molecule has 214 valence electrons. The van der Waals surface area contributed by atoms with Gasteiger partial charge in [0, 0.05) is 37.8 Å². The number of likely N-dealkylation sites (tertiary alicyclic amines) is 2. The number of rotatable bonds is 7. The van der Waals surface area contributed by atoms with E-state index in [1.165, 1.54) is 0 Å². The fourth-order valence-corrected chi connectivity index (χ4v) is 8.28. The minimum Gasteiger partial charge on any atom is -0.459 e. The highest BCUT2D eigenvalue weighted by molar-refractivity contribution is 5.87. The predicted molar refractivity (Wildman–Crippen MR) is 151 cm³/mol. The van der Waals surface area contributed by atoms with E-state index in [1.54, 1.807) is 6.08 Å². The Kier molecular flexibility index (Phi) is 9.45. The van der Waals surface area contributed by atoms with E-state index in [0.29, 0.717) is 59.3 Å². The summed E-state index contributed by atoms with van der Waals surface area (Å²) in [4.78, 5) is 30.4. The summed E-state index contributed by atoms with van der Waals surface area (Å²) >= 11 is 0. The van der Waals surface area contributed by atoms with Crippen LogP contribution in [0.2, 0.25) is 0 Å². The molecule has 4 aliphatic rings. The van der Waals surface area contributed by atoms with Crippen molar-refractivity contribution >= 4 is 11.9 Å². The van der Waals surface area contributed by atoms with E-state index < -0.39 is 0 Å². The van der Waals surface area contributed by atoms with Gasteiger partial charge in [-0.05, 0) is 101 Å². The number of hydrogen-bond donors (Lipinski definition) is 0. The first-order valence-electron chi connectivity index (χ1n) is 15.1. The van der Waals surface area contributed by atoms with Crippen molar-refractivity contribution in [2.75, 3.05) is 40.3 Å². The minimum atomic E-state index is -0.226. The van der Waals surface area contributed by atoms with Crippen molar-refractivity contribution in [3.63, 3.8) is 0 Å².